The van der Waals surface area contributed by atoms with E-state index < -0.39 is 0 Å². The lowest BCUT2D eigenvalue weighted by Crippen LogP contribution is -2.18. The van der Waals surface area contributed by atoms with Crippen molar-refractivity contribution in [2.45, 2.75) is 13.8 Å². The van der Waals surface area contributed by atoms with Crippen LogP contribution in [0.25, 0.3) is 77.2 Å². The van der Waals surface area contributed by atoms with E-state index in [-0.39, 0.29) is 11.8 Å². The molecular formula is C50H34. The van der Waals surface area contributed by atoms with Crippen LogP contribution in [0, 0.1) is 25.7 Å². The molecule has 11 rings (SSSR count). The molecule has 0 saturated carbocycles. The maximum absolute atomic E-state index is 2.49. The lowest BCUT2D eigenvalue weighted by molar-refractivity contribution is 0.758. The molecule has 0 spiro atoms. The molecule has 0 aliphatic heterocycles. The first-order valence-electron chi connectivity index (χ1n) is 17.9. The number of aryl methyl sites for hydroxylation is 2. The summed E-state index contributed by atoms with van der Waals surface area (Å²) in [6.45, 7) is 4.52. The summed E-state index contributed by atoms with van der Waals surface area (Å²) in [6.07, 6.45) is 9.91. The molecule has 0 amide bonds. The highest BCUT2D eigenvalue weighted by Gasteiger charge is 2.49. The van der Waals surface area contributed by atoms with Gasteiger partial charge in [0.1, 0.15) is 0 Å². The molecule has 4 aliphatic rings. The second-order valence-corrected chi connectivity index (χ2v) is 14.4. The Labute approximate surface area is 293 Å². The van der Waals surface area contributed by atoms with Gasteiger partial charge in [0.15, 0.2) is 0 Å². The Morgan fingerprint density at radius 1 is 0.340 bits per heavy atom. The minimum Gasteiger partial charge on any atom is -0.0622 e. The Morgan fingerprint density at radius 3 is 1.34 bits per heavy atom. The molecule has 0 saturated heterocycles. The molecule has 4 aliphatic carbocycles. The van der Waals surface area contributed by atoms with Gasteiger partial charge >= 0.3 is 0 Å². The summed E-state index contributed by atoms with van der Waals surface area (Å²) in [5.41, 5.74) is 22.1. The van der Waals surface area contributed by atoms with Crippen molar-refractivity contribution >= 4 is 43.8 Å². The molecule has 0 aromatic heterocycles. The Bertz CT molecular complexity index is 2730. The monoisotopic (exact) mass is 634 g/mol. The fourth-order valence-corrected chi connectivity index (χ4v) is 9.91. The molecule has 7 aromatic carbocycles. The third-order valence-electron chi connectivity index (χ3n) is 11.8. The van der Waals surface area contributed by atoms with Crippen molar-refractivity contribution < 1.29 is 0 Å². The van der Waals surface area contributed by atoms with Crippen LogP contribution < -0.4 is 0 Å². The van der Waals surface area contributed by atoms with Crippen molar-refractivity contribution in [2.75, 3.05) is 0 Å². The topological polar surface area (TPSA) is 0 Å². The predicted molar refractivity (Wildman–Crippen MR) is 213 cm³/mol. The fraction of sp³-hybridized carbons (Fsp3) is 0.0800. The van der Waals surface area contributed by atoms with E-state index in [1.807, 2.05) is 0 Å². The van der Waals surface area contributed by atoms with Crippen LogP contribution in [0.15, 0.2) is 158 Å². The van der Waals surface area contributed by atoms with Crippen LogP contribution in [0.5, 0.6) is 0 Å². The summed E-state index contributed by atoms with van der Waals surface area (Å²) in [6, 6.07) is 49.7. The molecule has 0 N–H and O–H groups in total. The molecule has 0 bridgehead atoms. The Kier molecular flexibility index (Phi) is 5.73. The zero-order valence-corrected chi connectivity index (χ0v) is 28.2. The minimum atomic E-state index is 0.263. The van der Waals surface area contributed by atoms with Crippen LogP contribution in [-0.2, 0) is 0 Å². The summed E-state index contributed by atoms with van der Waals surface area (Å²) >= 11 is 0. The van der Waals surface area contributed by atoms with E-state index in [0.29, 0.717) is 0 Å². The zero-order valence-electron chi connectivity index (χ0n) is 28.2. The standard InChI is InChI=1S/C50H34/c1-29-13-11-14-30(2)43(29)37-22-12-21-35-36-23-24-39-48-40(26-25-38(46(35)37)47(36)48)50-45(32-17-7-4-8-18-32)42-28-34-20-10-9-19-33(34)27-41(42)44(49(39)50)31-15-5-3-6-16-31/h3-28,47-48H,1-2H3. The van der Waals surface area contributed by atoms with E-state index >= 15 is 0 Å². The summed E-state index contributed by atoms with van der Waals surface area (Å²) in [5, 5.41) is 5.20. The number of hydrogen-bond donors (Lipinski definition) is 0. The van der Waals surface area contributed by atoms with Crippen molar-refractivity contribution in [3.05, 3.63) is 191 Å². The Morgan fingerprint density at radius 2 is 0.780 bits per heavy atom. The maximum atomic E-state index is 2.49. The average molecular weight is 635 g/mol. The van der Waals surface area contributed by atoms with Gasteiger partial charge in [-0.05, 0) is 137 Å². The molecule has 0 heteroatoms. The van der Waals surface area contributed by atoms with Crippen LogP contribution in [0.3, 0.4) is 0 Å². The van der Waals surface area contributed by atoms with Crippen molar-refractivity contribution in [1.82, 2.24) is 0 Å². The Hall–Kier alpha value is -5.98. The molecule has 0 fully saturated rings. The smallest absolute Gasteiger partial charge is 0.0212 e. The number of rotatable bonds is 3. The fourth-order valence-electron chi connectivity index (χ4n) is 9.91. The van der Waals surface area contributed by atoms with Crippen molar-refractivity contribution in [3.8, 4) is 33.4 Å². The molecule has 234 valence electrons. The predicted octanol–water partition coefficient (Wildman–Crippen LogP) is 13.1. The van der Waals surface area contributed by atoms with Crippen LogP contribution in [0.2, 0.25) is 0 Å². The van der Waals surface area contributed by atoms with Crippen LogP contribution in [0.4, 0.5) is 0 Å². The second kappa shape index (κ2) is 10.3. The van der Waals surface area contributed by atoms with E-state index in [2.05, 4.69) is 172 Å². The third kappa shape index (κ3) is 3.66. The molecule has 0 heterocycles. The van der Waals surface area contributed by atoms with Crippen LogP contribution in [0.1, 0.15) is 33.4 Å². The van der Waals surface area contributed by atoms with E-state index in [0.717, 1.165) is 0 Å². The summed E-state index contributed by atoms with van der Waals surface area (Å²) in [4.78, 5) is 0. The number of fused-ring (bicyclic) bond motifs is 8. The number of allylic oxidation sites excluding steroid dienone is 8. The van der Waals surface area contributed by atoms with Gasteiger partial charge in [-0.3, -0.25) is 0 Å². The highest BCUT2D eigenvalue weighted by molar-refractivity contribution is 6.22. The molecular weight excluding hydrogens is 601 g/mol. The summed E-state index contributed by atoms with van der Waals surface area (Å²) < 4.78 is 0. The van der Waals surface area contributed by atoms with Crippen LogP contribution in [-0.4, -0.2) is 0 Å². The molecule has 7 aromatic rings. The van der Waals surface area contributed by atoms with Crippen LogP contribution >= 0.6 is 0 Å². The van der Waals surface area contributed by atoms with Crippen molar-refractivity contribution in [3.63, 3.8) is 0 Å². The summed E-state index contributed by atoms with van der Waals surface area (Å²) in [7, 11) is 0. The first kappa shape index (κ1) is 27.9. The Balaban J connectivity index is 1.27. The number of hydrogen-bond acceptors (Lipinski definition) is 0. The first-order valence-corrected chi connectivity index (χ1v) is 17.9. The molecule has 0 nitrogen and oxygen atoms in total. The molecule has 0 radical (unpaired) electrons. The summed E-state index contributed by atoms with van der Waals surface area (Å²) in [5.74, 6) is 0.552. The van der Waals surface area contributed by atoms with Gasteiger partial charge in [-0.2, -0.15) is 0 Å². The van der Waals surface area contributed by atoms with E-state index in [9.17, 15) is 0 Å². The van der Waals surface area contributed by atoms with Crippen molar-refractivity contribution in [1.29, 1.82) is 0 Å². The molecule has 2 atom stereocenters. The lowest BCUT2D eigenvalue weighted by Gasteiger charge is -2.31. The number of benzene rings is 7. The SMILES string of the molecule is Cc1cccc(C)c1-c1cccc2c1C1=CC=C3c4c(c(-c5ccccc5)c5cc6ccccc6cc5c4-c4ccccc4)C4=CC=C2C1C43. The van der Waals surface area contributed by atoms with E-state index in [1.165, 1.54) is 111 Å². The average Bonchev–Trinajstić information content (AvgIpc) is 3.66. The van der Waals surface area contributed by atoms with Gasteiger partial charge in [-0.1, -0.05) is 146 Å². The van der Waals surface area contributed by atoms with E-state index in [1.54, 1.807) is 0 Å². The van der Waals surface area contributed by atoms with Gasteiger partial charge in [-0.15, -0.1) is 0 Å². The van der Waals surface area contributed by atoms with Gasteiger partial charge in [0.25, 0.3) is 0 Å². The normalized spacial score (nSPS) is 17.9. The molecule has 50 heavy (non-hydrogen) atoms. The third-order valence-corrected chi connectivity index (χ3v) is 11.8. The highest BCUT2D eigenvalue weighted by atomic mass is 14.5. The second-order valence-electron chi connectivity index (χ2n) is 14.4. The van der Waals surface area contributed by atoms with Gasteiger partial charge in [0, 0.05) is 11.8 Å². The van der Waals surface area contributed by atoms with Gasteiger partial charge in [-0.25, -0.2) is 0 Å². The van der Waals surface area contributed by atoms with Gasteiger partial charge < -0.3 is 0 Å². The quantitative estimate of drug-likeness (QED) is 0.170. The van der Waals surface area contributed by atoms with Gasteiger partial charge in [0.2, 0.25) is 0 Å². The zero-order chi connectivity index (χ0) is 33.1. The minimum absolute atomic E-state index is 0.263. The first-order chi connectivity index (χ1) is 24.7. The van der Waals surface area contributed by atoms with E-state index in [4.69, 9.17) is 0 Å². The van der Waals surface area contributed by atoms with Gasteiger partial charge in [0.05, 0.1) is 0 Å². The highest BCUT2D eigenvalue weighted by Crippen LogP contribution is 2.67. The maximum Gasteiger partial charge on any atom is 0.0212 e. The largest absolute Gasteiger partial charge is 0.0622 e. The molecule has 2 unspecified atom stereocenters. The lowest BCUT2D eigenvalue weighted by atomic mass is 9.71. The van der Waals surface area contributed by atoms with Crippen molar-refractivity contribution in [2.24, 2.45) is 11.8 Å².